The van der Waals surface area contributed by atoms with E-state index in [2.05, 4.69) is 48.3 Å². The lowest BCUT2D eigenvalue weighted by Crippen LogP contribution is -2.42. The van der Waals surface area contributed by atoms with Crippen molar-refractivity contribution in [3.8, 4) is 0 Å². The molecule has 0 amide bonds. The number of unbranched alkanes of at least 4 members (excludes halogenated alkanes) is 1. The van der Waals surface area contributed by atoms with Gasteiger partial charge in [0.1, 0.15) is 0 Å². The summed E-state index contributed by atoms with van der Waals surface area (Å²) in [5.41, 5.74) is 0. The fraction of sp³-hybridized carbons (Fsp3) is 0.917. The molecular formula is C12H29IN4. The van der Waals surface area contributed by atoms with Crippen LogP contribution >= 0.6 is 24.0 Å². The van der Waals surface area contributed by atoms with Crippen LogP contribution in [0.5, 0.6) is 0 Å². The number of rotatable bonds is 7. The quantitative estimate of drug-likeness (QED) is 0.317. The van der Waals surface area contributed by atoms with E-state index in [4.69, 9.17) is 0 Å². The molecule has 0 aromatic carbocycles. The van der Waals surface area contributed by atoms with Crippen LogP contribution in [0.15, 0.2) is 4.99 Å². The van der Waals surface area contributed by atoms with Crippen molar-refractivity contribution in [2.75, 3.05) is 33.7 Å². The molecule has 0 heterocycles. The SMILES string of the molecule is CCCCNC(=NC)NCCN(C)C(C)C.I. The molecule has 0 rings (SSSR count). The van der Waals surface area contributed by atoms with Crippen LogP contribution in [0.3, 0.4) is 0 Å². The number of halogens is 1. The summed E-state index contributed by atoms with van der Waals surface area (Å²) in [6.45, 7) is 9.56. The van der Waals surface area contributed by atoms with Crippen molar-refractivity contribution in [3.63, 3.8) is 0 Å². The first-order valence-corrected chi connectivity index (χ1v) is 6.26. The summed E-state index contributed by atoms with van der Waals surface area (Å²) in [4.78, 5) is 6.49. The van der Waals surface area contributed by atoms with Gasteiger partial charge in [-0.3, -0.25) is 4.99 Å². The third-order valence-electron chi connectivity index (χ3n) is 2.68. The molecule has 0 radical (unpaired) electrons. The highest BCUT2D eigenvalue weighted by molar-refractivity contribution is 14.0. The molecule has 0 saturated carbocycles. The predicted molar refractivity (Wildman–Crippen MR) is 87.5 cm³/mol. The lowest BCUT2D eigenvalue weighted by atomic mass is 10.3. The Morgan fingerprint density at radius 2 is 1.82 bits per heavy atom. The van der Waals surface area contributed by atoms with Crippen LogP contribution in [-0.4, -0.2) is 50.6 Å². The number of likely N-dealkylation sites (N-methyl/N-ethyl adjacent to an activating group) is 1. The summed E-state index contributed by atoms with van der Waals surface area (Å²) in [7, 11) is 3.95. The van der Waals surface area contributed by atoms with E-state index in [9.17, 15) is 0 Å². The van der Waals surface area contributed by atoms with Crippen molar-refractivity contribution in [1.82, 2.24) is 15.5 Å². The first-order chi connectivity index (χ1) is 7.61. The summed E-state index contributed by atoms with van der Waals surface area (Å²) in [5.74, 6) is 0.908. The van der Waals surface area contributed by atoms with E-state index in [-0.39, 0.29) is 24.0 Å². The van der Waals surface area contributed by atoms with Gasteiger partial charge in [-0.1, -0.05) is 13.3 Å². The maximum Gasteiger partial charge on any atom is 0.191 e. The third-order valence-corrected chi connectivity index (χ3v) is 2.68. The van der Waals surface area contributed by atoms with Gasteiger partial charge in [0.25, 0.3) is 0 Å². The molecule has 0 fully saturated rings. The first-order valence-electron chi connectivity index (χ1n) is 6.26. The van der Waals surface area contributed by atoms with Crippen molar-refractivity contribution in [3.05, 3.63) is 0 Å². The molecular weight excluding hydrogens is 327 g/mol. The Bertz CT molecular complexity index is 195. The average molecular weight is 356 g/mol. The summed E-state index contributed by atoms with van der Waals surface area (Å²) in [6.07, 6.45) is 2.40. The molecule has 4 nitrogen and oxygen atoms in total. The standard InChI is InChI=1S/C12H28N4.HI/c1-6-7-8-14-12(13-4)15-9-10-16(5)11(2)3;/h11H,6-10H2,1-5H3,(H2,13,14,15);1H. The number of hydrogen-bond donors (Lipinski definition) is 2. The third kappa shape index (κ3) is 10.8. The van der Waals surface area contributed by atoms with Gasteiger partial charge in [-0.05, 0) is 27.3 Å². The second-order valence-corrected chi connectivity index (χ2v) is 4.35. The Morgan fingerprint density at radius 1 is 1.24 bits per heavy atom. The molecule has 0 aliphatic rings. The van der Waals surface area contributed by atoms with Crippen LogP contribution in [-0.2, 0) is 0 Å². The van der Waals surface area contributed by atoms with Gasteiger partial charge in [-0.15, -0.1) is 24.0 Å². The topological polar surface area (TPSA) is 39.7 Å². The number of nitrogens with zero attached hydrogens (tertiary/aromatic N) is 2. The maximum absolute atomic E-state index is 4.18. The monoisotopic (exact) mass is 356 g/mol. The van der Waals surface area contributed by atoms with E-state index in [1.165, 1.54) is 12.8 Å². The van der Waals surface area contributed by atoms with Crippen molar-refractivity contribution < 1.29 is 0 Å². The fourth-order valence-corrected chi connectivity index (χ4v) is 1.21. The minimum atomic E-state index is 0. The molecule has 5 heteroatoms. The zero-order chi connectivity index (χ0) is 12.4. The van der Waals surface area contributed by atoms with Crippen LogP contribution in [0.1, 0.15) is 33.6 Å². The van der Waals surface area contributed by atoms with Crippen molar-refractivity contribution in [2.45, 2.75) is 39.7 Å². The Balaban J connectivity index is 0. The average Bonchev–Trinajstić information content (AvgIpc) is 2.26. The second-order valence-electron chi connectivity index (χ2n) is 4.35. The van der Waals surface area contributed by atoms with Gasteiger partial charge in [-0.2, -0.15) is 0 Å². The molecule has 104 valence electrons. The van der Waals surface area contributed by atoms with E-state index in [0.717, 1.165) is 25.6 Å². The Morgan fingerprint density at radius 3 is 2.29 bits per heavy atom. The van der Waals surface area contributed by atoms with Gasteiger partial charge in [0.15, 0.2) is 5.96 Å². The fourth-order valence-electron chi connectivity index (χ4n) is 1.21. The van der Waals surface area contributed by atoms with Crippen LogP contribution in [0.2, 0.25) is 0 Å². The van der Waals surface area contributed by atoms with Gasteiger partial charge in [0, 0.05) is 32.7 Å². The molecule has 0 aliphatic heterocycles. The normalized spacial score (nSPS) is 11.6. The Hall–Kier alpha value is -0.0400. The van der Waals surface area contributed by atoms with Crippen molar-refractivity contribution in [1.29, 1.82) is 0 Å². The molecule has 0 saturated heterocycles. The first kappa shape index (κ1) is 19.3. The van der Waals surface area contributed by atoms with Crippen LogP contribution in [0, 0.1) is 0 Å². The van der Waals surface area contributed by atoms with Gasteiger partial charge >= 0.3 is 0 Å². The van der Waals surface area contributed by atoms with Crippen molar-refractivity contribution >= 4 is 29.9 Å². The van der Waals surface area contributed by atoms with E-state index >= 15 is 0 Å². The molecule has 0 aliphatic carbocycles. The highest BCUT2D eigenvalue weighted by atomic mass is 127. The van der Waals surface area contributed by atoms with Gasteiger partial charge in [0.2, 0.25) is 0 Å². The number of nitrogens with one attached hydrogen (secondary N) is 2. The van der Waals surface area contributed by atoms with E-state index < -0.39 is 0 Å². The Labute approximate surface area is 124 Å². The number of aliphatic imine (C=N–C) groups is 1. The molecule has 2 N–H and O–H groups in total. The molecule has 0 unspecified atom stereocenters. The summed E-state index contributed by atoms with van der Waals surface area (Å²) < 4.78 is 0. The number of hydrogen-bond acceptors (Lipinski definition) is 2. The lowest BCUT2D eigenvalue weighted by molar-refractivity contribution is 0.278. The number of guanidine groups is 1. The van der Waals surface area contributed by atoms with E-state index in [1.54, 1.807) is 0 Å². The minimum absolute atomic E-state index is 0. The zero-order valence-corrected chi connectivity index (χ0v) is 14.2. The van der Waals surface area contributed by atoms with Gasteiger partial charge in [-0.25, -0.2) is 0 Å². The van der Waals surface area contributed by atoms with E-state index in [0.29, 0.717) is 6.04 Å². The maximum atomic E-state index is 4.18. The summed E-state index contributed by atoms with van der Waals surface area (Å²) in [6, 6.07) is 0.594. The van der Waals surface area contributed by atoms with Crippen molar-refractivity contribution in [2.24, 2.45) is 4.99 Å². The molecule has 0 spiro atoms. The van der Waals surface area contributed by atoms with E-state index in [1.807, 2.05) is 7.05 Å². The molecule has 0 atom stereocenters. The summed E-state index contributed by atoms with van der Waals surface area (Å²) in [5, 5.41) is 6.60. The van der Waals surface area contributed by atoms with Crippen LogP contribution in [0.25, 0.3) is 0 Å². The smallest absolute Gasteiger partial charge is 0.191 e. The predicted octanol–water partition coefficient (Wildman–Crippen LogP) is 1.91. The van der Waals surface area contributed by atoms with Crippen LogP contribution < -0.4 is 10.6 Å². The molecule has 0 aromatic rings. The van der Waals surface area contributed by atoms with Gasteiger partial charge in [0.05, 0.1) is 0 Å². The highest BCUT2D eigenvalue weighted by Gasteiger charge is 2.02. The molecule has 0 bridgehead atoms. The molecule has 17 heavy (non-hydrogen) atoms. The minimum Gasteiger partial charge on any atom is -0.356 e. The second kappa shape index (κ2) is 12.4. The van der Waals surface area contributed by atoms with Crippen LogP contribution in [0.4, 0.5) is 0 Å². The Kier molecular flexibility index (Phi) is 14.1. The largest absolute Gasteiger partial charge is 0.356 e. The zero-order valence-electron chi connectivity index (χ0n) is 11.9. The summed E-state index contributed by atoms with van der Waals surface area (Å²) >= 11 is 0. The lowest BCUT2D eigenvalue weighted by Gasteiger charge is -2.21. The van der Waals surface area contributed by atoms with Gasteiger partial charge < -0.3 is 15.5 Å². The highest BCUT2D eigenvalue weighted by Crippen LogP contribution is 1.90. The molecule has 0 aromatic heterocycles.